The number of halogens is 4. The Bertz CT molecular complexity index is 1660. The van der Waals surface area contributed by atoms with Crippen LogP contribution in [0.1, 0.15) is 46.0 Å². The smallest absolute Gasteiger partial charge is 0.406 e. The molecule has 2 amide bonds. The van der Waals surface area contributed by atoms with Gasteiger partial charge >= 0.3 is 6.18 Å². The molecule has 246 valence electrons. The molecule has 2 saturated heterocycles. The van der Waals surface area contributed by atoms with Crippen molar-refractivity contribution < 1.29 is 36.6 Å². The van der Waals surface area contributed by atoms with E-state index in [1.165, 1.54) is 32.4 Å². The normalized spacial score (nSPS) is 20.2. The van der Waals surface area contributed by atoms with E-state index in [0.717, 1.165) is 49.5 Å². The summed E-state index contributed by atoms with van der Waals surface area (Å²) in [4.78, 5) is 32.1. The maximum absolute atomic E-state index is 14.5. The summed E-state index contributed by atoms with van der Waals surface area (Å²) < 4.78 is 66.3. The number of piperidine rings is 1. The molecule has 14 heteroatoms. The molecule has 1 aromatic heterocycles. The lowest BCUT2D eigenvalue weighted by Gasteiger charge is -2.39. The minimum atomic E-state index is -4.50. The summed E-state index contributed by atoms with van der Waals surface area (Å²) >= 11 is 0. The number of hydrogen-bond donors (Lipinski definition) is 3. The van der Waals surface area contributed by atoms with E-state index in [4.69, 9.17) is 9.47 Å². The number of carbonyl (C=O) groups is 2. The molecule has 1 unspecified atom stereocenters. The number of anilines is 1. The monoisotopic (exact) mass is 644 g/mol. The van der Waals surface area contributed by atoms with Gasteiger partial charge in [-0.1, -0.05) is 18.8 Å². The van der Waals surface area contributed by atoms with Crippen molar-refractivity contribution in [3.8, 4) is 17.6 Å². The first kappa shape index (κ1) is 33.0. The van der Waals surface area contributed by atoms with Gasteiger partial charge in [0.25, 0.3) is 11.8 Å². The second-order valence-corrected chi connectivity index (χ2v) is 11.5. The third-order valence-electron chi connectivity index (χ3n) is 8.36. The van der Waals surface area contributed by atoms with E-state index in [-0.39, 0.29) is 52.1 Å². The highest BCUT2D eigenvalue weighted by atomic mass is 19.4. The Labute approximate surface area is 263 Å². The molecule has 2 aliphatic heterocycles. The summed E-state index contributed by atoms with van der Waals surface area (Å²) in [5.74, 6) is 4.31. The lowest BCUT2D eigenvalue weighted by atomic mass is 9.92. The van der Waals surface area contributed by atoms with Gasteiger partial charge in [0.1, 0.15) is 23.6 Å². The van der Waals surface area contributed by atoms with E-state index in [0.29, 0.717) is 18.2 Å². The van der Waals surface area contributed by atoms with Gasteiger partial charge in [-0.05, 0) is 37.0 Å². The van der Waals surface area contributed by atoms with Crippen LogP contribution in [0.2, 0.25) is 0 Å². The molecule has 0 aliphatic carbocycles. The number of hydrogen-bond acceptors (Lipinski definition) is 7. The van der Waals surface area contributed by atoms with E-state index in [1.807, 2.05) is 0 Å². The highest BCUT2D eigenvalue weighted by Crippen LogP contribution is 2.29. The summed E-state index contributed by atoms with van der Waals surface area (Å²) in [5, 5.41) is 8.38. The number of alkyl halides is 3. The van der Waals surface area contributed by atoms with Gasteiger partial charge in [0.2, 0.25) is 0 Å². The van der Waals surface area contributed by atoms with Gasteiger partial charge in [-0.3, -0.25) is 14.5 Å². The molecular weight excluding hydrogens is 608 g/mol. The highest BCUT2D eigenvalue weighted by molar-refractivity contribution is 6.05. The Kier molecular flexibility index (Phi) is 10.0. The van der Waals surface area contributed by atoms with E-state index in [1.54, 1.807) is 0 Å². The highest BCUT2D eigenvalue weighted by Gasteiger charge is 2.33. The summed E-state index contributed by atoms with van der Waals surface area (Å²) in [6.45, 7) is 3.86. The first-order valence-corrected chi connectivity index (χ1v) is 15.0. The lowest BCUT2D eigenvalue weighted by molar-refractivity contribution is -0.139. The fourth-order valence-electron chi connectivity index (χ4n) is 5.96. The van der Waals surface area contributed by atoms with Crippen LogP contribution in [0, 0.1) is 23.6 Å². The summed E-state index contributed by atoms with van der Waals surface area (Å²) in [7, 11) is 2.76. The molecule has 0 radical (unpaired) electrons. The van der Waals surface area contributed by atoms with Crippen LogP contribution in [-0.2, 0) is 11.3 Å². The average molecular weight is 645 g/mol. The van der Waals surface area contributed by atoms with Gasteiger partial charge < -0.3 is 30.0 Å². The molecule has 2 aliphatic rings. The van der Waals surface area contributed by atoms with Gasteiger partial charge in [0, 0.05) is 50.5 Å². The van der Waals surface area contributed by atoms with Crippen molar-refractivity contribution in [2.45, 2.75) is 44.6 Å². The van der Waals surface area contributed by atoms with Crippen molar-refractivity contribution in [1.29, 1.82) is 0 Å². The number of likely N-dealkylation sites (tertiary alicyclic amines) is 1. The number of methoxy groups -OCH3 is 1. The quantitative estimate of drug-likeness (QED) is 0.253. The Hall–Kier alpha value is -4.35. The van der Waals surface area contributed by atoms with Crippen LogP contribution in [0.25, 0.3) is 11.0 Å². The van der Waals surface area contributed by atoms with Crippen molar-refractivity contribution >= 4 is 28.5 Å². The molecule has 3 aromatic rings. The number of nitrogens with zero attached hydrogens (tertiary/aromatic N) is 3. The third-order valence-corrected chi connectivity index (χ3v) is 8.36. The zero-order chi connectivity index (χ0) is 33.0. The van der Waals surface area contributed by atoms with Crippen LogP contribution >= 0.6 is 0 Å². The molecule has 2 aromatic carbocycles. The largest absolute Gasteiger partial charge is 0.495 e. The number of benzene rings is 2. The Morgan fingerprint density at radius 1 is 1.15 bits per heavy atom. The summed E-state index contributed by atoms with van der Waals surface area (Å²) in [6, 6.07) is 5.61. The van der Waals surface area contributed by atoms with Gasteiger partial charge in [0.05, 0.1) is 48.9 Å². The SMILES string of the molecule is CNC(=O)c1cc(OC)c(NCC#Cc2cc(C(=O)N[C@H]3CCN(C4CCOC4)C[C@@H]3C)c3ncn(CC(F)(F)F)c3c2)cc1F. The topological polar surface area (TPSA) is 110 Å². The maximum Gasteiger partial charge on any atom is 0.406 e. The maximum atomic E-state index is 14.5. The van der Waals surface area contributed by atoms with Crippen LogP contribution in [0.5, 0.6) is 5.75 Å². The van der Waals surface area contributed by atoms with Crippen molar-refractivity contribution in [2.24, 2.45) is 5.92 Å². The standard InChI is InChI=1S/C32H36F4N6O4/c1-19-15-41(21-7-10-46-16-21)9-6-25(19)40-31(44)23-11-20(12-27-29(23)39-18-42(27)17-32(34,35)36)5-4-8-38-26-14-24(33)22(30(43)37-2)13-28(26)45-3/h11-14,18-19,21,25,38H,6-10,15-17H2,1-3H3,(H,37,43)(H,40,44)/t19-,21?,25-/m0/s1. The number of imidazole rings is 1. The molecular formula is C32H36F4N6O4. The van der Waals surface area contributed by atoms with E-state index >= 15 is 0 Å². The minimum absolute atomic E-state index is 0.00137. The second kappa shape index (κ2) is 14.0. The number of carbonyl (C=O) groups excluding carboxylic acids is 2. The third kappa shape index (κ3) is 7.54. The van der Waals surface area contributed by atoms with Gasteiger partial charge in [0.15, 0.2) is 0 Å². The zero-order valence-electron chi connectivity index (χ0n) is 25.8. The molecule has 0 bridgehead atoms. The summed E-state index contributed by atoms with van der Waals surface area (Å²) in [5.41, 5.74) is 0.772. The number of amides is 2. The van der Waals surface area contributed by atoms with Gasteiger partial charge in [-0.25, -0.2) is 9.37 Å². The summed E-state index contributed by atoms with van der Waals surface area (Å²) in [6.07, 6.45) is -1.71. The van der Waals surface area contributed by atoms with Crippen molar-refractivity contribution in [3.05, 3.63) is 53.1 Å². The van der Waals surface area contributed by atoms with Crippen molar-refractivity contribution in [3.63, 3.8) is 0 Å². The fourth-order valence-corrected chi connectivity index (χ4v) is 5.96. The van der Waals surface area contributed by atoms with E-state index in [2.05, 4.69) is 44.6 Å². The first-order chi connectivity index (χ1) is 22.0. The molecule has 2 fully saturated rings. The van der Waals surface area contributed by atoms with Crippen LogP contribution < -0.4 is 20.7 Å². The van der Waals surface area contributed by atoms with Crippen molar-refractivity contribution in [2.75, 3.05) is 52.3 Å². The number of aromatic nitrogens is 2. The molecule has 46 heavy (non-hydrogen) atoms. The molecule has 5 rings (SSSR count). The number of rotatable bonds is 8. The van der Waals surface area contributed by atoms with Gasteiger partial charge in [-0.15, -0.1) is 0 Å². The zero-order valence-corrected chi connectivity index (χ0v) is 25.8. The number of nitrogens with one attached hydrogen (secondary N) is 3. The molecule has 3 atom stereocenters. The van der Waals surface area contributed by atoms with Crippen LogP contribution in [0.3, 0.4) is 0 Å². The predicted molar refractivity (Wildman–Crippen MR) is 163 cm³/mol. The number of fused-ring (bicyclic) bond motifs is 1. The predicted octanol–water partition coefficient (Wildman–Crippen LogP) is 3.80. The Morgan fingerprint density at radius 3 is 2.63 bits per heavy atom. The Morgan fingerprint density at radius 2 is 1.96 bits per heavy atom. The van der Waals surface area contributed by atoms with Gasteiger partial charge in [-0.2, -0.15) is 13.2 Å². The second-order valence-electron chi connectivity index (χ2n) is 11.5. The molecule has 3 heterocycles. The molecule has 0 saturated carbocycles. The molecule has 3 N–H and O–H groups in total. The lowest BCUT2D eigenvalue weighted by Crippen LogP contribution is -2.52. The van der Waals surface area contributed by atoms with E-state index < -0.39 is 30.4 Å². The molecule has 10 nitrogen and oxygen atoms in total. The van der Waals surface area contributed by atoms with Crippen LogP contribution in [0.15, 0.2) is 30.6 Å². The van der Waals surface area contributed by atoms with E-state index in [9.17, 15) is 27.2 Å². The number of ether oxygens (including phenoxy) is 2. The Balaban J connectivity index is 1.36. The minimum Gasteiger partial charge on any atom is -0.495 e. The average Bonchev–Trinajstić information content (AvgIpc) is 3.70. The van der Waals surface area contributed by atoms with Crippen LogP contribution in [0.4, 0.5) is 23.2 Å². The first-order valence-electron chi connectivity index (χ1n) is 15.0. The molecule has 0 spiro atoms. The van der Waals surface area contributed by atoms with Crippen molar-refractivity contribution in [1.82, 2.24) is 25.1 Å². The van der Waals surface area contributed by atoms with Crippen LogP contribution in [-0.4, -0.2) is 91.5 Å². The fraction of sp³-hybridized carbons (Fsp3) is 0.469.